The van der Waals surface area contributed by atoms with Crippen LogP contribution in [0, 0.1) is 6.92 Å². The van der Waals surface area contributed by atoms with E-state index in [9.17, 15) is 4.79 Å². The van der Waals surface area contributed by atoms with Crippen LogP contribution in [0.25, 0.3) is 6.08 Å². The molecule has 88 valence electrons. The standard InChI is InChI=1S/C10H11N5O2/c1-7-2-3-8(17-7)4-5-10(16)11-6-9-12-14-15-13-9/h2-5H,6H2,1H3,(H,11,16)(H,12,13,14,15). The molecule has 0 fully saturated rings. The number of nitrogens with zero attached hydrogens (tertiary/aromatic N) is 3. The van der Waals surface area contributed by atoms with Crippen molar-refractivity contribution in [2.45, 2.75) is 13.5 Å². The molecule has 2 aromatic rings. The summed E-state index contributed by atoms with van der Waals surface area (Å²) in [5.41, 5.74) is 0. The van der Waals surface area contributed by atoms with Gasteiger partial charge in [-0.15, -0.1) is 10.2 Å². The number of rotatable bonds is 4. The third-order valence-corrected chi connectivity index (χ3v) is 1.97. The fraction of sp³-hybridized carbons (Fsp3) is 0.200. The highest BCUT2D eigenvalue weighted by molar-refractivity contribution is 5.91. The summed E-state index contributed by atoms with van der Waals surface area (Å²) in [4.78, 5) is 11.4. The normalized spacial score (nSPS) is 10.9. The van der Waals surface area contributed by atoms with Gasteiger partial charge in [-0.2, -0.15) is 5.21 Å². The summed E-state index contributed by atoms with van der Waals surface area (Å²) in [5, 5.41) is 15.7. The van der Waals surface area contributed by atoms with E-state index in [1.807, 2.05) is 13.0 Å². The van der Waals surface area contributed by atoms with Crippen molar-refractivity contribution >= 4 is 12.0 Å². The molecule has 0 aliphatic carbocycles. The summed E-state index contributed by atoms with van der Waals surface area (Å²) in [6.07, 6.45) is 2.98. The first kappa shape index (κ1) is 11.1. The average molecular weight is 233 g/mol. The molecule has 17 heavy (non-hydrogen) atoms. The lowest BCUT2D eigenvalue weighted by atomic mass is 10.4. The van der Waals surface area contributed by atoms with E-state index in [-0.39, 0.29) is 12.5 Å². The van der Waals surface area contributed by atoms with Crippen LogP contribution in [0.4, 0.5) is 0 Å². The van der Waals surface area contributed by atoms with Crippen LogP contribution in [0.5, 0.6) is 0 Å². The Labute approximate surface area is 96.9 Å². The molecular weight excluding hydrogens is 222 g/mol. The Bertz CT molecular complexity index is 515. The molecule has 2 N–H and O–H groups in total. The Balaban J connectivity index is 1.83. The number of carbonyl (C=O) groups excluding carboxylic acids is 1. The fourth-order valence-corrected chi connectivity index (χ4v) is 1.18. The number of hydrogen-bond acceptors (Lipinski definition) is 5. The number of aromatic amines is 1. The van der Waals surface area contributed by atoms with Crippen LogP contribution in [0.15, 0.2) is 22.6 Å². The minimum Gasteiger partial charge on any atom is -0.462 e. The van der Waals surface area contributed by atoms with Gasteiger partial charge >= 0.3 is 0 Å². The van der Waals surface area contributed by atoms with Gasteiger partial charge in [-0.1, -0.05) is 5.21 Å². The monoisotopic (exact) mass is 233 g/mol. The number of aryl methyl sites for hydroxylation is 1. The number of carbonyl (C=O) groups is 1. The average Bonchev–Trinajstić information content (AvgIpc) is 2.95. The minimum atomic E-state index is -0.246. The third kappa shape index (κ3) is 3.26. The van der Waals surface area contributed by atoms with Gasteiger partial charge in [-0.05, 0) is 25.1 Å². The molecule has 0 saturated carbocycles. The van der Waals surface area contributed by atoms with Crippen molar-refractivity contribution in [2.75, 3.05) is 0 Å². The van der Waals surface area contributed by atoms with Gasteiger partial charge in [0.05, 0.1) is 6.54 Å². The number of nitrogens with one attached hydrogen (secondary N) is 2. The van der Waals surface area contributed by atoms with Gasteiger partial charge in [-0.25, -0.2) is 0 Å². The van der Waals surface area contributed by atoms with Crippen molar-refractivity contribution in [1.29, 1.82) is 0 Å². The smallest absolute Gasteiger partial charge is 0.244 e. The van der Waals surface area contributed by atoms with Crippen LogP contribution in [-0.2, 0) is 11.3 Å². The zero-order valence-corrected chi connectivity index (χ0v) is 9.17. The second-order valence-electron chi connectivity index (χ2n) is 3.33. The molecule has 7 heteroatoms. The summed E-state index contributed by atoms with van der Waals surface area (Å²) in [7, 11) is 0. The van der Waals surface area contributed by atoms with E-state index in [2.05, 4.69) is 25.9 Å². The molecule has 2 rings (SSSR count). The molecule has 0 aromatic carbocycles. The number of amides is 1. The highest BCUT2D eigenvalue weighted by Crippen LogP contribution is 2.07. The Morgan fingerprint density at radius 1 is 1.59 bits per heavy atom. The number of tetrazole rings is 1. The molecule has 0 radical (unpaired) electrons. The van der Waals surface area contributed by atoms with Crippen molar-refractivity contribution < 1.29 is 9.21 Å². The summed E-state index contributed by atoms with van der Waals surface area (Å²) >= 11 is 0. The summed E-state index contributed by atoms with van der Waals surface area (Å²) in [6.45, 7) is 2.07. The van der Waals surface area contributed by atoms with Crippen LogP contribution in [0.2, 0.25) is 0 Å². The lowest BCUT2D eigenvalue weighted by molar-refractivity contribution is -0.116. The number of aromatic nitrogens is 4. The maximum absolute atomic E-state index is 11.4. The van der Waals surface area contributed by atoms with Crippen molar-refractivity contribution in [2.24, 2.45) is 0 Å². The maximum Gasteiger partial charge on any atom is 0.244 e. The molecule has 0 bridgehead atoms. The first-order valence-electron chi connectivity index (χ1n) is 4.99. The fourth-order valence-electron chi connectivity index (χ4n) is 1.18. The van der Waals surface area contributed by atoms with Crippen molar-refractivity contribution in [3.8, 4) is 0 Å². The second-order valence-corrected chi connectivity index (χ2v) is 3.33. The van der Waals surface area contributed by atoms with Crippen molar-refractivity contribution in [3.63, 3.8) is 0 Å². The van der Waals surface area contributed by atoms with Gasteiger partial charge in [0.2, 0.25) is 5.91 Å². The predicted octanol–water partition coefficient (Wildman–Crippen LogP) is 0.431. The molecule has 0 aliphatic heterocycles. The zero-order chi connectivity index (χ0) is 12.1. The quantitative estimate of drug-likeness (QED) is 0.746. The van der Waals surface area contributed by atoms with Gasteiger partial charge < -0.3 is 9.73 Å². The van der Waals surface area contributed by atoms with Crippen molar-refractivity contribution in [3.05, 3.63) is 35.6 Å². The lowest BCUT2D eigenvalue weighted by Gasteiger charge is -1.95. The van der Waals surface area contributed by atoms with Gasteiger partial charge in [-0.3, -0.25) is 4.79 Å². The first-order chi connectivity index (χ1) is 8.24. The topological polar surface area (TPSA) is 96.7 Å². The SMILES string of the molecule is Cc1ccc(C=CC(=O)NCc2nn[nH]n2)o1. The van der Waals surface area contributed by atoms with E-state index >= 15 is 0 Å². The van der Waals surface area contributed by atoms with Crippen LogP contribution in [0.1, 0.15) is 17.3 Å². The Kier molecular flexibility index (Phi) is 3.29. The Hall–Kier alpha value is -2.44. The molecule has 1 amide bonds. The van der Waals surface area contributed by atoms with E-state index in [1.54, 1.807) is 12.1 Å². The maximum atomic E-state index is 11.4. The van der Waals surface area contributed by atoms with Gasteiger partial charge in [0, 0.05) is 6.08 Å². The van der Waals surface area contributed by atoms with Gasteiger partial charge in [0.15, 0.2) is 5.82 Å². The van der Waals surface area contributed by atoms with E-state index < -0.39 is 0 Å². The number of furan rings is 1. The molecular formula is C10H11N5O2. The van der Waals surface area contributed by atoms with Gasteiger partial charge in [0.25, 0.3) is 0 Å². The number of H-pyrrole nitrogens is 1. The Morgan fingerprint density at radius 3 is 3.12 bits per heavy atom. The predicted molar refractivity (Wildman–Crippen MR) is 58.5 cm³/mol. The molecule has 0 unspecified atom stereocenters. The van der Waals surface area contributed by atoms with E-state index in [1.165, 1.54) is 6.08 Å². The number of hydrogen-bond donors (Lipinski definition) is 2. The van der Waals surface area contributed by atoms with Crippen LogP contribution in [-0.4, -0.2) is 26.5 Å². The molecule has 2 heterocycles. The summed E-state index contributed by atoms with van der Waals surface area (Å²) in [5.74, 6) is 1.62. The van der Waals surface area contributed by atoms with Gasteiger partial charge in [0.1, 0.15) is 11.5 Å². The molecule has 2 aromatic heterocycles. The molecule has 0 atom stereocenters. The highest BCUT2D eigenvalue weighted by atomic mass is 16.3. The second kappa shape index (κ2) is 5.06. The van der Waals surface area contributed by atoms with E-state index in [0.717, 1.165) is 5.76 Å². The lowest BCUT2D eigenvalue weighted by Crippen LogP contribution is -2.20. The third-order valence-electron chi connectivity index (χ3n) is 1.97. The highest BCUT2D eigenvalue weighted by Gasteiger charge is 2.00. The van der Waals surface area contributed by atoms with Crippen LogP contribution >= 0.6 is 0 Å². The summed E-state index contributed by atoms with van der Waals surface area (Å²) < 4.78 is 5.28. The van der Waals surface area contributed by atoms with Crippen molar-refractivity contribution in [1.82, 2.24) is 25.9 Å². The Morgan fingerprint density at radius 2 is 2.47 bits per heavy atom. The van der Waals surface area contributed by atoms with E-state index in [4.69, 9.17) is 4.42 Å². The van der Waals surface area contributed by atoms with E-state index in [0.29, 0.717) is 11.6 Å². The molecule has 0 saturated heterocycles. The molecule has 0 aliphatic rings. The summed E-state index contributed by atoms with van der Waals surface area (Å²) in [6, 6.07) is 3.62. The van der Waals surface area contributed by atoms with Crippen LogP contribution < -0.4 is 5.32 Å². The minimum absolute atomic E-state index is 0.233. The molecule has 0 spiro atoms. The largest absolute Gasteiger partial charge is 0.462 e. The van der Waals surface area contributed by atoms with Crippen LogP contribution in [0.3, 0.4) is 0 Å². The molecule has 7 nitrogen and oxygen atoms in total. The first-order valence-corrected chi connectivity index (χ1v) is 4.99. The zero-order valence-electron chi connectivity index (χ0n) is 9.17.